The van der Waals surface area contributed by atoms with Crippen molar-refractivity contribution in [3.63, 3.8) is 0 Å². The molecular formula is C14H31P. The summed E-state index contributed by atoms with van der Waals surface area (Å²) in [5, 5.41) is 0. The van der Waals surface area contributed by atoms with Crippen LogP contribution in [-0.4, -0.2) is 6.16 Å². The van der Waals surface area contributed by atoms with Crippen molar-refractivity contribution in [3.05, 3.63) is 0 Å². The van der Waals surface area contributed by atoms with Crippen molar-refractivity contribution >= 4 is 9.24 Å². The molecule has 0 N–H and O–H groups in total. The maximum absolute atomic E-state index is 2.94. The second-order valence-electron chi connectivity index (χ2n) is 6.33. The molecule has 0 spiro atoms. The van der Waals surface area contributed by atoms with Crippen LogP contribution in [0.5, 0.6) is 0 Å². The van der Waals surface area contributed by atoms with Crippen LogP contribution in [0.2, 0.25) is 0 Å². The fourth-order valence-electron chi connectivity index (χ4n) is 1.86. The minimum absolute atomic E-state index is 0.506. The molecule has 2 unspecified atom stereocenters. The van der Waals surface area contributed by atoms with E-state index >= 15 is 0 Å². The van der Waals surface area contributed by atoms with Gasteiger partial charge in [-0.15, -0.1) is 9.24 Å². The maximum atomic E-state index is 2.94. The van der Waals surface area contributed by atoms with E-state index in [9.17, 15) is 0 Å². The Bertz CT molecular complexity index is 170. The Morgan fingerprint density at radius 3 is 1.87 bits per heavy atom. The number of rotatable bonds is 7. The molecule has 15 heavy (non-hydrogen) atoms. The fourth-order valence-corrected chi connectivity index (χ4v) is 2.73. The van der Waals surface area contributed by atoms with E-state index in [1.807, 2.05) is 0 Å². The Morgan fingerprint density at radius 2 is 1.53 bits per heavy atom. The molecule has 0 aliphatic carbocycles. The predicted octanol–water partition coefficient (Wildman–Crippen LogP) is 5.13. The molecule has 0 rings (SSSR count). The molecule has 1 heteroatoms. The molecule has 0 saturated carbocycles. The van der Waals surface area contributed by atoms with Crippen molar-refractivity contribution in [1.29, 1.82) is 0 Å². The van der Waals surface area contributed by atoms with Crippen molar-refractivity contribution < 1.29 is 0 Å². The molecule has 0 aromatic rings. The molecule has 92 valence electrons. The molecule has 0 radical (unpaired) electrons. The molecule has 0 fully saturated rings. The average Bonchev–Trinajstić information content (AvgIpc) is 2.18. The van der Waals surface area contributed by atoms with Crippen LogP contribution < -0.4 is 0 Å². The van der Waals surface area contributed by atoms with Gasteiger partial charge in [-0.2, -0.15) is 0 Å². The van der Waals surface area contributed by atoms with Gasteiger partial charge in [0.2, 0.25) is 0 Å². The summed E-state index contributed by atoms with van der Waals surface area (Å²) in [5.41, 5.74) is 1.04. The standard InChI is InChI=1S/C14H31P/c1-7-13(3,4)10-9-12(11-15)14(5,6)8-2/h12H,7-11,15H2,1-6H3. The van der Waals surface area contributed by atoms with Crippen molar-refractivity contribution in [2.75, 3.05) is 6.16 Å². The minimum Gasteiger partial charge on any atom is -0.137 e. The normalized spacial score (nSPS) is 15.4. The second-order valence-corrected chi connectivity index (χ2v) is 6.80. The van der Waals surface area contributed by atoms with E-state index in [2.05, 4.69) is 50.8 Å². The van der Waals surface area contributed by atoms with E-state index in [1.54, 1.807) is 0 Å². The third kappa shape index (κ3) is 5.34. The highest BCUT2D eigenvalue weighted by Gasteiger charge is 2.27. The highest BCUT2D eigenvalue weighted by atomic mass is 31.0. The average molecular weight is 230 g/mol. The Labute approximate surface area is 99.8 Å². The van der Waals surface area contributed by atoms with Crippen molar-refractivity contribution in [3.8, 4) is 0 Å². The summed E-state index contributed by atoms with van der Waals surface area (Å²) >= 11 is 0. The highest BCUT2D eigenvalue weighted by molar-refractivity contribution is 7.16. The van der Waals surface area contributed by atoms with Crippen molar-refractivity contribution in [2.24, 2.45) is 16.7 Å². The van der Waals surface area contributed by atoms with Gasteiger partial charge in [-0.3, -0.25) is 0 Å². The molecule has 2 atom stereocenters. The SMILES string of the molecule is CCC(C)(C)CCC(CP)C(C)(C)CC. The first-order valence-electron chi connectivity index (χ1n) is 6.49. The summed E-state index contributed by atoms with van der Waals surface area (Å²) in [7, 11) is 2.94. The highest BCUT2D eigenvalue weighted by Crippen LogP contribution is 2.38. The van der Waals surface area contributed by atoms with Gasteiger partial charge in [-0.1, -0.05) is 54.4 Å². The minimum atomic E-state index is 0.506. The molecule has 0 heterocycles. The summed E-state index contributed by atoms with van der Waals surface area (Å²) in [6.45, 7) is 14.2. The van der Waals surface area contributed by atoms with Crippen molar-refractivity contribution in [2.45, 2.75) is 67.2 Å². The van der Waals surface area contributed by atoms with Crippen LogP contribution in [0.4, 0.5) is 0 Å². The number of hydrogen-bond donors (Lipinski definition) is 0. The number of hydrogen-bond acceptors (Lipinski definition) is 0. The van der Waals surface area contributed by atoms with Crippen LogP contribution in [-0.2, 0) is 0 Å². The third-order valence-corrected chi connectivity index (χ3v) is 5.00. The van der Waals surface area contributed by atoms with Gasteiger partial charge in [0.25, 0.3) is 0 Å². The monoisotopic (exact) mass is 230 g/mol. The van der Waals surface area contributed by atoms with Gasteiger partial charge in [-0.05, 0) is 35.8 Å². The van der Waals surface area contributed by atoms with Crippen LogP contribution in [0.15, 0.2) is 0 Å². The Hall–Kier alpha value is 0.430. The molecule has 0 nitrogen and oxygen atoms in total. The summed E-state index contributed by atoms with van der Waals surface area (Å²) < 4.78 is 0. The van der Waals surface area contributed by atoms with Crippen LogP contribution in [0.1, 0.15) is 67.2 Å². The quantitative estimate of drug-likeness (QED) is 0.532. The fraction of sp³-hybridized carbons (Fsp3) is 1.00. The Balaban J connectivity index is 4.24. The third-order valence-electron chi connectivity index (χ3n) is 4.43. The first-order chi connectivity index (χ1) is 6.79. The van der Waals surface area contributed by atoms with Crippen LogP contribution in [0.3, 0.4) is 0 Å². The topological polar surface area (TPSA) is 0 Å². The molecule has 0 saturated heterocycles. The second kappa shape index (κ2) is 6.24. The van der Waals surface area contributed by atoms with Gasteiger partial charge in [0.1, 0.15) is 0 Å². The Kier molecular flexibility index (Phi) is 6.41. The van der Waals surface area contributed by atoms with E-state index in [1.165, 1.54) is 31.8 Å². The summed E-state index contributed by atoms with van der Waals surface area (Å²) in [6, 6.07) is 0. The first kappa shape index (κ1) is 15.4. The summed E-state index contributed by atoms with van der Waals surface area (Å²) in [6.07, 6.45) is 6.58. The lowest BCUT2D eigenvalue weighted by Crippen LogP contribution is -2.26. The van der Waals surface area contributed by atoms with Crippen LogP contribution in [0.25, 0.3) is 0 Å². The maximum Gasteiger partial charge on any atom is -0.0325 e. The zero-order valence-electron chi connectivity index (χ0n) is 11.7. The summed E-state index contributed by atoms with van der Waals surface area (Å²) in [4.78, 5) is 0. The van der Waals surface area contributed by atoms with E-state index in [0.717, 1.165) is 5.92 Å². The molecule has 0 bridgehead atoms. The zero-order chi connectivity index (χ0) is 12.1. The van der Waals surface area contributed by atoms with E-state index < -0.39 is 0 Å². The zero-order valence-corrected chi connectivity index (χ0v) is 12.8. The van der Waals surface area contributed by atoms with Gasteiger partial charge in [-0.25, -0.2) is 0 Å². The molecular weight excluding hydrogens is 199 g/mol. The molecule has 0 aromatic carbocycles. The lowest BCUT2D eigenvalue weighted by Gasteiger charge is -2.35. The lowest BCUT2D eigenvalue weighted by molar-refractivity contribution is 0.181. The van der Waals surface area contributed by atoms with Gasteiger partial charge >= 0.3 is 0 Å². The molecule has 0 amide bonds. The van der Waals surface area contributed by atoms with Gasteiger partial charge in [0.15, 0.2) is 0 Å². The van der Waals surface area contributed by atoms with Gasteiger partial charge in [0, 0.05) is 0 Å². The van der Waals surface area contributed by atoms with E-state index in [0.29, 0.717) is 10.8 Å². The summed E-state index contributed by atoms with van der Waals surface area (Å²) in [5.74, 6) is 0.860. The molecule has 0 aliphatic heterocycles. The largest absolute Gasteiger partial charge is 0.137 e. The molecule has 0 aromatic heterocycles. The van der Waals surface area contributed by atoms with Crippen molar-refractivity contribution in [1.82, 2.24) is 0 Å². The predicted molar refractivity (Wildman–Crippen MR) is 75.4 cm³/mol. The lowest BCUT2D eigenvalue weighted by atomic mass is 9.72. The smallest absolute Gasteiger partial charge is 0.0325 e. The van der Waals surface area contributed by atoms with Gasteiger partial charge in [0.05, 0.1) is 0 Å². The van der Waals surface area contributed by atoms with Gasteiger partial charge < -0.3 is 0 Å². The Morgan fingerprint density at radius 1 is 1.00 bits per heavy atom. The molecule has 0 aliphatic rings. The first-order valence-corrected chi connectivity index (χ1v) is 7.30. The van der Waals surface area contributed by atoms with Crippen LogP contribution >= 0.6 is 9.24 Å². The van der Waals surface area contributed by atoms with E-state index in [-0.39, 0.29) is 0 Å². The van der Waals surface area contributed by atoms with Crippen LogP contribution in [0, 0.1) is 16.7 Å². The van der Waals surface area contributed by atoms with E-state index in [4.69, 9.17) is 0 Å².